The van der Waals surface area contributed by atoms with Gasteiger partial charge in [-0.15, -0.1) is 0 Å². The van der Waals surface area contributed by atoms with Crippen LogP contribution in [0.1, 0.15) is 55.8 Å². The monoisotopic (exact) mass is 395 g/mol. The van der Waals surface area contributed by atoms with Crippen molar-refractivity contribution in [2.75, 3.05) is 13.7 Å². The molecule has 3 rings (SSSR count). The SMILES string of the molecule is COc1ccc(C(=O)NC(C)(CN)C2CC2)cc1S(=O)(=O)NC1CCCC1. The number of ether oxygens (including phenoxy) is 1. The fourth-order valence-electron chi connectivity index (χ4n) is 3.73. The molecule has 7 nitrogen and oxygen atoms in total. The number of rotatable bonds is 8. The van der Waals surface area contributed by atoms with Gasteiger partial charge < -0.3 is 15.8 Å². The molecule has 0 radical (unpaired) electrons. The van der Waals surface area contributed by atoms with Crippen molar-refractivity contribution in [1.29, 1.82) is 0 Å². The van der Waals surface area contributed by atoms with Gasteiger partial charge in [-0.05, 0) is 56.7 Å². The topological polar surface area (TPSA) is 111 Å². The number of carbonyl (C=O) groups is 1. The van der Waals surface area contributed by atoms with Crippen LogP contribution in [0.4, 0.5) is 0 Å². The van der Waals surface area contributed by atoms with E-state index in [0.717, 1.165) is 38.5 Å². The van der Waals surface area contributed by atoms with E-state index >= 15 is 0 Å². The van der Waals surface area contributed by atoms with Crippen molar-refractivity contribution >= 4 is 15.9 Å². The summed E-state index contributed by atoms with van der Waals surface area (Å²) in [6, 6.07) is 4.42. The Morgan fingerprint density at radius 3 is 2.48 bits per heavy atom. The number of sulfonamides is 1. The second kappa shape index (κ2) is 7.77. The van der Waals surface area contributed by atoms with Gasteiger partial charge in [-0.1, -0.05) is 12.8 Å². The number of benzene rings is 1. The second-order valence-electron chi connectivity index (χ2n) is 7.82. The van der Waals surface area contributed by atoms with E-state index in [1.165, 1.54) is 19.2 Å². The highest BCUT2D eigenvalue weighted by Gasteiger charge is 2.41. The molecule has 2 aliphatic rings. The molecular formula is C19H29N3O4S. The maximum absolute atomic E-state index is 12.9. The summed E-state index contributed by atoms with van der Waals surface area (Å²) in [6.07, 6.45) is 5.79. The third-order valence-electron chi connectivity index (χ3n) is 5.69. The van der Waals surface area contributed by atoms with Gasteiger partial charge in [0.25, 0.3) is 5.91 Å². The molecule has 8 heteroatoms. The maximum Gasteiger partial charge on any atom is 0.251 e. The molecule has 1 aromatic carbocycles. The Labute approximate surface area is 161 Å². The Bertz CT molecular complexity index is 801. The Kier molecular flexibility index (Phi) is 5.79. The summed E-state index contributed by atoms with van der Waals surface area (Å²) in [4.78, 5) is 12.7. The summed E-state index contributed by atoms with van der Waals surface area (Å²) in [7, 11) is -2.36. The predicted octanol–water partition coefficient (Wildman–Crippen LogP) is 1.77. The van der Waals surface area contributed by atoms with E-state index in [0.29, 0.717) is 12.5 Å². The van der Waals surface area contributed by atoms with Crippen molar-refractivity contribution in [3.05, 3.63) is 23.8 Å². The smallest absolute Gasteiger partial charge is 0.251 e. The van der Waals surface area contributed by atoms with Crippen molar-refractivity contribution in [2.24, 2.45) is 11.7 Å². The van der Waals surface area contributed by atoms with Gasteiger partial charge in [-0.25, -0.2) is 13.1 Å². The van der Waals surface area contributed by atoms with Crippen LogP contribution >= 0.6 is 0 Å². The molecule has 1 amide bonds. The molecule has 2 fully saturated rings. The lowest BCUT2D eigenvalue weighted by Gasteiger charge is -2.29. The fraction of sp³-hybridized carbons (Fsp3) is 0.632. The second-order valence-corrected chi connectivity index (χ2v) is 9.50. The lowest BCUT2D eigenvalue weighted by atomic mass is 9.95. The van der Waals surface area contributed by atoms with Gasteiger partial charge in [0.05, 0.1) is 12.6 Å². The zero-order chi connectivity index (χ0) is 19.7. The van der Waals surface area contributed by atoms with Gasteiger partial charge >= 0.3 is 0 Å². The first kappa shape index (κ1) is 20.1. The van der Waals surface area contributed by atoms with Crippen molar-refractivity contribution in [3.8, 4) is 5.75 Å². The number of hydrogen-bond donors (Lipinski definition) is 3. The summed E-state index contributed by atoms with van der Waals surface area (Å²) in [5, 5.41) is 2.99. The largest absolute Gasteiger partial charge is 0.495 e. The lowest BCUT2D eigenvalue weighted by Crippen LogP contribution is -2.53. The molecule has 0 bridgehead atoms. The van der Waals surface area contributed by atoms with Crippen molar-refractivity contribution in [1.82, 2.24) is 10.0 Å². The quantitative estimate of drug-likeness (QED) is 0.621. The van der Waals surface area contributed by atoms with Crippen LogP contribution in [0.2, 0.25) is 0 Å². The van der Waals surface area contributed by atoms with Crippen LogP contribution in [0, 0.1) is 5.92 Å². The number of nitrogens with one attached hydrogen (secondary N) is 2. The van der Waals surface area contributed by atoms with Crippen LogP contribution in [-0.2, 0) is 10.0 Å². The predicted molar refractivity (Wildman–Crippen MR) is 103 cm³/mol. The van der Waals surface area contributed by atoms with E-state index in [9.17, 15) is 13.2 Å². The van der Waals surface area contributed by atoms with Gasteiger partial charge in [0.2, 0.25) is 10.0 Å². The van der Waals surface area contributed by atoms with Crippen LogP contribution in [-0.4, -0.2) is 39.6 Å². The first-order valence-electron chi connectivity index (χ1n) is 9.52. The molecule has 1 aromatic rings. The Morgan fingerprint density at radius 2 is 1.93 bits per heavy atom. The van der Waals surface area contributed by atoms with Crippen LogP contribution in [0.25, 0.3) is 0 Å². The minimum absolute atomic E-state index is 0.00887. The molecule has 27 heavy (non-hydrogen) atoms. The number of nitrogens with two attached hydrogens (primary N) is 1. The van der Waals surface area contributed by atoms with E-state index in [2.05, 4.69) is 10.0 Å². The zero-order valence-corrected chi connectivity index (χ0v) is 16.8. The van der Waals surface area contributed by atoms with Crippen LogP contribution in [0.5, 0.6) is 5.75 Å². The van der Waals surface area contributed by atoms with Crippen molar-refractivity contribution in [3.63, 3.8) is 0 Å². The Balaban J connectivity index is 1.85. The minimum atomic E-state index is -3.78. The highest BCUT2D eigenvalue weighted by Crippen LogP contribution is 2.39. The highest BCUT2D eigenvalue weighted by atomic mass is 32.2. The van der Waals surface area contributed by atoms with E-state index in [-0.39, 0.29) is 28.2 Å². The maximum atomic E-state index is 12.9. The van der Waals surface area contributed by atoms with E-state index < -0.39 is 15.6 Å². The Hall–Kier alpha value is -1.64. The van der Waals surface area contributed by atoms with Gasteiger partial charge in [0.1, 0.15) is 10.6 Å². The number of hydrogen-bond acceptors (Lipinski definition) is 5. The molecule has 2 saturated carbocycles. The molecule has 0 heterocycles. The zero-order valence-electron chi connectivity index (χ0n) is 16.0. The van der Waals surface area contributed by atoms with Crippen LogP contribution in [0.3, 0.4) is 0 Å². The molecule has 2 aliphatic carbocycles. The molecule has 150 valence electrons. The number of carbonyl (C=O) groups excluding carboxylic acids is 1. The number of methoxy groups -OCH3 is 1. The summed E-state index contributed by atoms with van der Waals surface area (Å²) in [5.41, 5.74) is 5.68. The molecular weight excluding hydrogens is 366 g/mol. The Morgan fingerprint density at radius 1 is 1.26 bits per heavy atom. The van der Waals surface area contributed by atoms with E-state index in [1.54, 1.807) is 6.07 Å². The van der Waals surface area contributed by atoms with Gasteiger partial charge in [-0.3, -0.25) is 4.79 Å². The summed E-state index contributed by atoms with van der Waals surface area (Å²) in [5.74, 6) is 0.271. The van der Waals surface area contributed by atoms with E-state index in [1.807, 2.05) is 6.92 Å². The van der Waals surface area contributed by atoms with Crippen LogP contribution < -0.4 is 20.5 Å². The highest BCUT2D eigenvalue weighted by molar-refractivity contribution is 7.89. The third kappa shape index (κ3) is 4.44. The molecule has 0 spiro atoms. The molecule has 0 saturated heterocycles. The summed E-state index contributed by atoms with van der Waals surface area (Å²) >= 11 is 0. The van der Waals surface area contributed by atoms with Crippen LogP contribution in [0.15, 0.2) is 23.1 Å². The van der Waals surface area contributed by atoms with Gasteiger partial charge in [-0.2, -0.15) is 0 Å². The molecule has 1 unspecified atom stereocenters. The van der Waals surface area contributed by atoms with Gasteiger partial charge in [0, 0.05) is 18.2 Å². The molecule has 1 atom stereocenters. The average Bonchev–Trinajstić information content (AvgIpc) is 3.40. The van der Waals surface area contributed by atoms with Gasteiger partial charge in [0.15, 0.2) is 0 Å². The fourth-order valence-corrected chi connectivity index (χ4v) is 5.23. The first-order valence-corrected chi connectivity index (χ1v) is 11.0. The van der Waals surface area contributed by atoms with Crippen molar-refractivity contribution < 1.29 is 17.9 Å². The minimum Gasteiger partial charge on any atom is -0.495 e. The van der Waals surface area contributed by atoms with E-state index in [4.69, 9.17) is 10.5 Å². The first-order chi connectivity index (χ1) is 12.8. The molecule has 0 aromatic heterocycles. The number of amides is 1. The summed E-state index contributed by atoms with van der Waals surface area (Å²) in [6.45, 7) is 2.28. The lowest BCUT2D eigenvalue weighted by molar-refractivity contribution is 0.0897. The van der Waals surface area contributed by atoms with Crippen molar-refractivity contribution in [2.45, 2.75) is 61.9 Å². The molecule has 4 N–H and O–H groups in total. The summed E-state index contributed by atoms with van der Waals surface area (Å²) < 4.78 is 33.7. The normalized spacial score (nSPS) is 20.3. The standard InChI is InChI=1S/C19H29N3O4S/c1-19(12-20,14-8-9-14)21-18(23)13-7-10-16(26-2)17(11-13)27(24,25)22-15-5-3-4-6-15/h7,10-11,14-15,22H,3-6,8-9,12,20H2,1-2H3,(H,21,23). The average molecular weight is 396 g/mol. The third-order valence-corrected chi connectivity index (χ3v) is 7.24. The molecule has 0 aliphatic heterocycles.